The van der Waals surface area contributed by atoms with Crippen LogP contribution in [0.4, 0.5) is 0 Å². The maximum absolute atomic E-state index is 12.1. The second-order valence-corrected chi connectivity index (χ2v) is 5.00. The molecule has 0 radical (unpaired) electrons. The van der Waals surface area contributed by atoms with Crippen molar-refractivity contribution in [1.82, 2.24) is 15.0 Å². The van der Waals surface area contributed by atoms with Crippen LogP contribution >= 0.6 is 11.8 Å². The van der Waals surface area contributed by atoms with Crippen molar-refractivity contribution < 1.29 is 9.32 Å². The minimum absolute atomic E-state index is 0.0705. The van der Waals surface area contributed by atoms with E-state index in [1.807, 2.05) is 12.1 Å². The van der Waals surface area contributed by atoms with E-state index < -0.39 is 0 Å². The molecule has 1 saturated heterocycles. The highest BCUT2D eigenvalue weighted by Crippen LogP contribution is 2.21. The van der Waals surface area contributed by atoms with Crippen LogP contribution in [0.15, 0.2) is 35.1 Å². The summed E-state index contributed by atoms with van der Waals surface area (Å²) in [4.78, 5) is 17.8. The van der Waals surface area contributed by atoms with Gasteiger partial charge in [0, 0.05) is 36.3 Å². The molecule has 2 aromatic heterocycles. The molecule has 6 heteroatoms. The molecule has 3 heterocycles. The van der Waals surface area contributed by atoms with E-state index in [4.69, 9.17) is 4.52 Å². The van der Waals surface area contributed by atoms with Gasteiger partial charge in [0.25, 0.3) is 5.91 Å². The molecule has 1 fully saturated rings. The quantitative estimate of drug-likeness (QED) is 0.826. The fraction of sp³-hybridized carbons (Fsp3) is 0.250. The van der Waals surface area contributed by atoms with Gasteiger partial charge in [-0.05, 0) is 12.1 Å². The van der Waals surface area contributed by atoms with E-state index in [0.29, 0.717) is 11.5 Å². The first-order chi connectivity index (χ1) is 8.84. The number of pyridine rings is 1. The topological polar surface area (TPSA) is 59.2 Å². The molecule has 0 spiro atoms. The molecule has 92 valence electrons. The summed E-state index contributed by atoms with van der Waals surface area (Å²) in [6.45, 7) is 0.776. The Bertz CT molecular complexity index is 549. The van der Waals surface area contributed by atoms with Gasteiger partial charge in [0.15, 0.2) is 11.5 Å². The van der Waals surface area contributed by atoms with Crippen LogP contribution in [0.5, 0.6) is 0 Å². The fourth-order valence-electron chi connectivity index (χ4n) is 1.76. The van der Waals surface area contributed by atoms with Crippen molar-refractivity contribution in [3.05, 3.63) is 36.3 Å². The summed E-state index contributed by atoms with van der Waals surface area (Å²) >= 11 is 1.75. The summed E-state index contributed by atoms with van der Waals surface area (Å²) < 4.78 is 5.19. The number of aromatic nitrogens is 2. The van der Waals surface area contributed by atoms with Crippen molar-refractivity contribution in [2.24, 2.45) is 0 Å². The first-order valence-electron chi connectivity index (χ1n) is 5.59. The maximum Gasteiger partial charge on any atom is 0.276 e. The first kappa shape index (κ1) is 11.3. The van der Waals surface area contributed by atoms with E-state index in [-0.39, 0.29) is 5.91 Å². The molecule has 0 N–H and O–H groups in total. The Balaban J connectivity index is 1.83. The van der Waals surface area contributed by atoms with Crippen molar-refractivity contribution in [3.63, 3.8) is 0 Å². The van der Waals surface area contributed by atoms with Crippen LogP contribution in [-0.4, -0.2) is 39.1 Å². The Morgan fingerprint density at radius 3 is 3.17 bits per heavy atom. The molecule has 0 bridgehead atoms. The van der Waals surface area contributed by atoms with Gasteiger partial charge in [-0.25, -0.2) is 0 Å². The monoisotopic (exact) mass is 261 g/mol. The van der Waals surface area contributed by atoms with E-state index in [9.17, 15) is 4.79 Å². The van der Waals surface area contributed by atoms with Gasteiger partial charge in [-0.2, -0.15) is 0 Å². The first-order valence-corrected chi connectivity index (χ1v) is 6.74. The van der Waals surface area contributed by atoms with E-state index >= 15 is 0 Å². The van der Waals surface area contributed by atoms with Crippen molar-refractivity contribution in [2.75, 3.05) is 18.2 Å². The lowest BCUT2D eigenvalue weighted by Crippen LogP contribution is -2.27. The van der Waals surface area contributed by atoms with Crippen molar-refractivity contribution in [3.8, 4) is 11.3 Å². The van der Waals surface area contributed by atoms with Gasteiger partial charge in [0.2, 0.25) is 0 Å². The van der Waals surface area contributed by atoms with Crippen LogP contribution in [0.25, 0.3) is 11.3 Å². The molecule has 1 aliphatic heterocycles. The molecule has 2 aromatic rings. The predicted molar refractivity (Wildman–Crippen MR) is 68.1 cm³/mol. The van der Waals surface area contributed by atoms with Crippen molar-refractivity contribution in [2.45, 2.75) is 0 Å². The van der Waals surface area contributed by atoms with Crippen molar-refractivity contribution in [1.29, 1.82) is 0 Å². The normalized spacial score (nSPS) is 15.0. The van der Waals surface area contributed by atoms with E-state index in [2.05, 4.69) is 10.1 Å². The van der Waals surface area contributed by atoms with Gasteiger partial charge in [0.1, 0.15) is 0 Å². The van der Waals surface area contributed by atoms with Crippen LogP contribution in [0, 0.1) is 0 Å². The van der Waals surface area contributed by atoms with Gasteiger partial charge >= 0.3 is 0 Å². The number of nitrogens with zero attached hydrogens (tertiary/aromatic N) is 3. The smallest absolute Gasteiger partial charge is 0.276 e. The molecule has 1 amide bonds. The molecule has 0 aromatic carbocycles. The SMILES string of the molecule is O=C(c1cc(-c2cccnc2)on1)N1CCSC1. The molecular formula is C12H11N3O2S. The largest absolute Gasteiger partial charge is 0.355 e. The molecule has 5 nitrogen and oxygen atoms in total. The van der Waals surface area contributed by atoms with E-state index in [1.54, 1.807) is 35.1 Å². The highest BCUT2D eigenvalue weighted by Gasteiger charge is 2.23. The Hall–Kier alpha value is -1.82. The average molecular weight is 261 g/mol. The predicted octanol–water partition coefficient (Wildman–Crippen LogP) is 1.88. The van der Waals surface area contributed by atoms with Crippen LogP contribution in [-0.2, 0) is 0 Å². The second-order valence-electron chi connectivity index (χ2n) is 3.92. The van der Waals surface area contributed by atoms with Gasteiger partial charge in [0.05, 0.1) is 5.88 Å². The number of rotatable bonds is 2. The third kappa shape index (κ3) is 2.11. The molecule has 1 aliphatic rings. The van der Waals surface area contributed by atoms with Gasteiger partial charge in [-0.1, -0.05) is 5.16 Å². The van der Waals surface area contributed by atoms with Crippen LogP contribution in [0.1, 0.15) is 10.5 Å². The summed E-state index contributed by atoms with van der Waals surface area (Å²) in [5.74, 6) is 2.21. The van der Waals surface area contributed by atoms with Crippen LogP contribution in [0.2, 0.25) is 0 Å². The fourth-order valence-corrected chi connectivity index (χ4v) is 2.70. The average Bonchev–Trinajstić information content (AvgIpc) is 3.10. The molecule has 18 heavy (non-hydrogen) atoms. The van der Waals surface area contributed by atoms with Gasteiger partial charge < -0.3 is 9.42 Å². The Kier molecular flexibility index (Phi) is 3.02. The zero-order valence-electron chi connectivity index (χ0n) is 9.57. The number of hydrogen-bond acceptors (Lipinski definition) is 5. The molecule has 0 saturated carbocycles. The zero-order chi connectivity index (χ0) is 12.4. The lowest BCUT2D eigenvalue weighted by molar-refractivity contribution is 0.0792. The number of amides is 1. The summed E-state index contributed by atoms with van der Waals surface area (Å²) in [7, 11) is 0. The molecule has 0 unspecified atom stereocenters. The van der Waals surface area contributed by atoms with E-state index in [0.717, 1.165) is 23.7 Å². The molecule has 0 aliphatic carbocycles. The summed E-state index contributed by atoms with van der Waals surface area (Å²) in [6, 6.07) is 5.35. The molecule has 3 rings (SSSR count). The van der Waals surface area contributed by atoms with E-state index in [1.165, 1.54) is 0 Å². The number of carbonyl (C=O) groups excluding carboxylic acids is 1. The number of hydrogen-bond donors (Lipinski definition) is 0. The van der Waals surface area contributed by atoms with Crippen molar-refractivity contribution >= 4 is 17.7 Å². The summed E-state index contributed by atoms with van der Waals surface area (Å²) in [6.07, 6.45) is 3.37. The minimum Gasteiger partial charge on any atom is -0.355 e. The van der Waals surface area contributed by atoms with Crippen LogP contribution < -0.4 is 0 Å². The third-order valence-electron chi connectivity index (χ3n) is 2.72. The Morgan fingerprint density at radius 2 is 2.44 bits per heavy atom. The summed E-state index contributed by atoms with van der Waals surface area (Å²) in [5, 5.41) is 3.83. The number of thioether (sulfide) groups is 1. The molecule has 0 atom stereocenters. The Labute approximate surface area is 108 Å². The second kappa shape index (κ2) is 4.81. The Morgan fingerprint density at radius 1 is 1.50 bits per heavy atom. The molecular weight excluding hydrogens is 250 g/mol. The lowest BCUT2D eigenvalue weighted by atomic mass is 10.2. The standard InChI is InChI=1S/C12H11N3O2S/c16-12(15-4-5-18-8-15)10-6-11(17-14-10)9-2-1-3-13-7-9/h1-3,6-7H,4-5,8H2. The zero-order valence-corrected chi connectivity index (χ0v) is 10.4. The maximum atomic E-state index is 12.1. The van der Waals surface area contributed by atoms with Crippen LogP contribution in [0.3, 0.4) is 0 Å². The number of carbonyl (C=O) groups is 1. The minimum atomic E-state index is -0.0705. The van der Waals surface area contributed by atoms with Gasteiger partial charge in [-0.3, -0.25) is 9.78 Å². The lowest BCUT2D eigenvalue weighted by Gasteiger charge is -2.11. The third-order valence-corrected chi connectivity index (χ3v) is 3.68. The highest BCUT2D eigenvalue weighted by atomic mass is 32.2. The highest BCUT2D eigenvalue weighted by molar-refractivity contribution is 7.99. The summed E-state index contributed by atoms with van der Waals surface area (Å²) in [5.41, 5.74) is 1.18. The van der Waals surface area contributed by atoms with Gasteiger partial charge in [-0.15, -0.1) is 11.8 Å².